The Bertz CT molecular complexity index is 1180. The van der Waals surface area contributed by atoms with Gasteiger partial charge in [-0.1, -0.05) is 34.5 Å². The van der Waals surface area contributed by atoms with E-state index in [4.69, 9.17) is 23.2 Å². The molecule has 5 nitrogen and oxygen atoms in total. The summed E-state index contributed by atoms with van der Waals surface area (Å²) in [4.78, 5) is 17.3. The molecule has 0 saturated carbocycles. The number of aromatic nitrogens is 1. The van der Waals surface area contributed by atoms with Gasteiger partial charge in [0, 0.05) is 23.0 Å². The maximum Gasteiger partial charge on any atom is 0.248 e. The Kier molecular flexibility index (Phi) is 6.60. The van der Waals surface area contributed by atoms with Crippen LogP contribution in [0.5, 0.6) is 0 Å². The van der Waals surface area contributed by atoms with Crippen LogP contribution in [0.25, 0.3) is 10.2 Å². The molecule has 28 heavy (non-hydrogen) atoms. The highest BCUT2D eigenvalue weighted by molar-refractivity contribution is 7.91. The molecule has 0 saturated heterocycles. The van der Waals surface area contributed by atoms with Gasteiger partial charge in [0.05, 0.1) is 20.9 Å². The van der Waals surface area contributed by atoms with Crippen molar-refractivity contribution in [3.63, 3.8) is 0 Å². The lowest BCUT2D eigenvalue weighted by Crippen LogP contribution is -2.16. The van der Waals surface area contributed by atoms with Crippen LogP contribution in [-0.2, 0) is 21.2 Å². The summed E-state index contributed by atoms with van der Waals surface area (Å²) in [6.45, 7) is 2.64. The standard InChI is InChI=1S/C19H18Cl2N2O3S2/c1-2-23-16-10-7-14(21)12-17(16)27-19(23)22-18(24)4-3-11-28(25,26)15-8-5-13(20)6-9-15/h5-10,12H,2-4,11H2,1H3. The molecule has 0 aliphatic heterocycles. The Hall–Kier alpha value is -1.67. The van der Waals surface area contributed by atoms with Crippen LogP contribution in [0.2, 0.25) is 10.0 Å². The Morgan fingerprint density at radius 1 is 1.11 bits per heavy atom. The number of nitrogens with zero attached hydrogens (tertiary/aromatic N) is 2. The lowest BCUT2D eigenvalue weighted by molar-refractivity contribution is -0.118. The normalized spacial score (nSPS) is 12.6. The zero-order valence-electron chi connectivity index (χ0n) is 15.1. The summed E-state index contributed by atoms with van der Waals surface area (Å²) in [5.41, 5.74) is 0.966. The van der Waals surface area contributed by atoms with E-state index in [-0.39, 0.29) is 29.4 Å². The molecule has 0 aliphatic carbocycles. The van der Waals surface area contributed by atoms with Gasteiger partial charge in [-0.05, 0) is 55.8 Å². The molecule has 0 aliphatic rings. The summed E-state index contributed by atoms with van der Waals surface area (Å²) in [7, 11) is -3.45. The van der Waals surface area contributed by atoms with E-state index in [0.29, 0.717) is 21.4 Å². The number of aryl methyl sites for hydroxylation is 1. The minimum Gasteiger partial charge on any atom is -0.317 e. The molecular formula is C19H18Cl2N2O3S2. The highest BCUT2D eigenvalue weighted by Crippen LogP contribution is 2.22. The number of carbonyl (C=O) groups excluding carboxylic acids is 1. The Morgan fingerprint density at radius 3 is 2.46 bits per heavy atom. The van der Waals surface area contributed by atoms with E-state index in [1.54, 1.807) is 6.07 Å². The number of fused-ring (bicyclic) bond motifs is 1. The molecule has 0 atom stereocenters. The number of hydrogen-bond donors (Lipinski definition) is 0. The summed E-state index contributed by atoms with van der Waals surface area (Å²) in [6.07, 6.45) is 0.266. The van der Waals surface area contributed by atoms with Gasteiger partial charge in [0.2, 0.25) is 5.91 Å². The third-order valence-electron chi connectivity index (χ3n) is 4.16. The van der Waals surface area contributed by atoms with Crippen molar-refractivity contribution in [1.82, 2.24) is 4.57 Å². The maximum atomic E-state index is 12.3. The topological polar surface area (TPSA) is 68.5 Å². The second kappa shape index (κ2) is 8.78. The van der Waals surface area contributed by atoms with Crippen LogP contribution >= 0.6 is 34.5 Å². The smallest absolute Gasteiger partial charge is 0.248 e. The minimum absolute atomic E-state index is 0.0610. The van der Waals surface area contributed by atoms with Crippen molar-refractivity contribution in [3.8, 4) is 0 Å². The molecule has 148 valence electrons. The highest BCUT2D eigenvalue weighted by atomic mass is 35.5. The van der Waals surface area contributed by atoms with E-state index in [9.17, 15) is 13.2 Å². The van der Waals surface area contributed by atoms with Crippen LogP contribution in [0.3, 0.4) is 0 Å². The third kappa shape index (κ3) is 4.84. The molecule has 3 rings (SSSR count). The predicted octanol–water partition coefficient (Wildman–Crippen LogP) is 4.71. The molecule has 2 aromatic carbocycles. The molecule has 1 aromatic heterocycles. The first kappa shape index (κ1) is 21.0. The van der Waals surface area contributed by atoms with E-state index in [2.05, 4.69) is 4.99 Å². The van der Waals surface area contributed by atoms with Crippen molar-refractivity contribution >= 4 is 60.5 Å². The van der Waals surface area contributed by atoms with Gasteiger partial charge in [-0.25, -0.2) is 8.42 Å². The summed E-state index contributed by atoms with van der Waals surface area (Å²) >= 11 is 13.2. The van der Waals surface area contributed by atoms with Crippen molar-refractivity contribution in [1.29, 1.82) is 0 Å². The summed E-state index contributed by atoms with van der Waals surface area (Å²) in [5.74, 6) is -0.461. The fourth-order valence-electron chi connectivity index (χ4n) is 2.77. The van der Waals surface area contributed by atoms with Crippen molar-refractivity contribution < 1.29 is 13.2 Å². The van der Waals surface area contributed by atoms with Gasteiger partial charge in [0.25, 0.3) is 0 Å². The van der Waals surface area contributed by atoms with Crippen molar-refractivity contribution in [3.05, 3.63) is 57.3 Å². The number of amides is 1. The molecule has 0 fully saturated rings. The fraction of sp³-hybridized carbons (Fsp3) is 0.263. The Morgan fingerprint density at radius 2 is 1.79 bits per heavy atom. The first-order valence-electron chi connectivity index (χ1n) is 8.65. The molecular weight excluding hydrogens is 439 g/mol. The van der Waals surface area contributed by atoms with Gasteiger partial charge in [0.15, 0.2) is 14.6 Å². The van der Waals surface area contributed by atoms with E-state index in [1.165, 1.54) is 35.6 Å². The predicted molar refractivity (Wildman–Crippen MR) is 114 cm³/mol. The number of rotatable bonds is 6. The first-order valence-corrected chi connectivity index (χ1v) is 11.9. The van der Waals surface area contributed by atoms with Gasteiger partial charge in [-0.3, -0.25) is 4.79 Å². The maximum absolute atomic E-state index is 12.3. The highest BCUT2D eigenvalue weighted by Gasteiger charge is 2.15. The van der Waals surface area contributed by atoms with Crippen LogP contribution in [0, 0.1) is 0 Å². The van der Waals surface area contributed by atoms with Gasteiger partial charge in [-0.15, -0.1) is 0 Å². The van der Waals surface area contributed by atoms with E-state index in [0.717, 1.165) is 10.2 Å². The number of sulfone groups is 1. The molecule has 0 bridgehead atoms. The second-order valence-corrected chi connectivity index (χ2v) is 10.1. The quantitative estimate of drug-likeness (QED) is 0.538. The Balaban J connectivity index is 1.72. The molecule has 0 spiro atoms. The lowest BCUT2D eigenvalue weighted by Gasteiger charge is -2.03. The number of benzene rings is 2. The van der Waals surface area contributed by atoms with Crippen molar-refractivity contribution in [2.75, 3.05) is 5.75 Å². The van der Waals surface area contributed by atoms with Gasteiger partial charge < -0.3 is 4.57 Å². The summed E-state index contributed by atoms with van der Waals surface area (Å²) in [6, 6.07) is 11.6. The van der Waals surface area contributed by atoms with Crippen LogP contribution in [-0.4, -0.2) is 24.6 Å². The van der Waals surface area contributed by atoms with Crippen LogP contribution in [0.1, 0.15) is 19.8 Å². The van der Waals surface area contributed by atoms with Crippen molar-refractivity contribution in [2.24, 2.45) is 4.99 Å². The second-order valence-electron chi connectivity index (χ2n) is 6.12. The SMILES string of the molecule is CCn1c(=NC(=O)CCCS(=O)(=O)c2ccc(Cl)cc2)sc2cc(Cl)ccc21. The molecule has 3 aromatic rings. The molecule has 9 heteroatoms. The van der Waals surface area contributed by atoms with Gasteiger partial charge >= 0.3 is 0 Å². The van der Waals surface area contributed by atoms with Crippen LogP contribution < -0.4 is 4.80 Å². The van der Waals surface area contributed by atoms with E-state index in [1.807, 2.05) is 23.6 Å². The first-order chi connectivity index (χ1) is 13.3. The number of thiazole rings is 1. The largest absolute Gasteiger partial charge is 0.317 e. The van der Waals surface area contributed by atoms with E-state index >= 15 is 0 Å². The number of carbonyl (C=O) groups is 1. The number of halogens is 2. The average molecular weight is 457 g/mol. The molecule has 1 amide bonds. The monoisotopic (exact) mass is 456 g/mol. The average Bonchev–Trinajstić information content (AvgIpc) is 2.97. The van der Waals surface area contributed by atoms with E-state index < -0.39 is 9.84 Å². The Labute approximate surface area is 177 Å². The third-order valence-corrected chi connectivity index (χ3v) is 7.50. The molecule has 0 N–H and O–H groups in total. The van der Waals surface area contributed by atoms with Crippen molar-refractivity contribution in [2.45, 2.75) is 31.2 Å². The fourth-order valence-corrected chi connectivity index (χ4v) is 5.60. The zero-order valence-corrected chi connectivity index (χ0v) is 18.2. The molecule has 1 heterocycles. The summed E-state index contributed by atoms with van der Waals surface area (Å²) in [5, 5.41) is 1.10. The molecule has 0 radical (unpaired) electrons. The summed E-state index contributed by atoms with van der Waals surface area (Å²) < 4.78 is 27.6. The van der Waals surface area contributed by atoms with Crippen LogP contribution in [0.15, 0.2) is 52.4 Å². The van der Waals surface area contributed by atoms with Gasteiger partial charge in [0.1, 0.15) is 0 Å². The molecule has 0 unspecified atom stereocenters. The lowest BCUT2D eigenvalue weighted by atomic mass is 10.3. The number of hydrogen-bond acceptors (Lipinski definition) is 4. The van der Waals surface area contributed by atoms with Crippen LogP contribution in [0.4, 0.5) is 0 Å². The van der Waals surface area contributed by atoms with Gasteiger partial charge in [-0.2, -0.15) is 4.99 Å². The minimum atomic E-state index is -3.45. The zero-order chi connectivity index (χ0) is 20.3.